The number of nitrogens with zero attached hydrogens (tertiary/aromatic N) is 2. The standard InChI is InChI=1S/C13H18N4O2/c1-13(2)6-4-5-7(13)9-14-8-10(15-9)17(3)12(19)16-11(8)18/h7H,4-6H2,1-3H3,(H,14,15)(H,16,18,19). The highest BCUT2D eigenvalue weighted by Crippen LogP contribution is 2.47. The van der Waals surface area contributed by atoms with Crippen LogP contribution in [0.4, 0.5) is 0 Å². The molecule has 0 spiro atoms. The minimum Gasteiger partial charge on any atom is -0.336 e. The summed E-state index contributed by atoms with van der Waals surface area (Å²) >= 11 is 0. The van der Waals surface area contributed by atoms with Crippen LogP contribution in [0, 0.1) is 5.41 Å². The normalized spacial score (nSPS) is 22.2. The molecule has 0 bridgehead atoms. The summed E-state index contributed by atoms with van der Waals surface area (Å²) in [5, 5.41) is 0. The molecule has 3 rings (SSSR count). The van der Waals surface area contributed by atoms with Gasteiger partial charge in [0, 0.05) is 13.0 Å². The fraction of sp³-hybridized carbons (Fsp3) is 0.615. The second-order valence-electron chi connectivity index (χ2n) is 6.07. The number of H-pyrrole nitrogens is 2. The molecule has 102 valence electrons. The molecule has 1 atom stereocenters. The van der Waals surface area contributed by atoms with Gasteiger partial charge in [-0.25, -0.2) is 9.78 Å². The third-order valence-electron chi connectivity index (χ3n) is 4.36. The molecule has 0 radical (unpaired) electrons. The Balaban J connectivity index is 2.23. The van der Waals surface area contributed by atoms with Gasteiger partial charge in [-0.05, 0) is 18.3 Å². The summed E-state index contributed by atoms with van der Waals surface area (Å²) in [5.74, 6) is 1.14. The third-order valence-corrected chi connectivity index (χ3v) is 4.36. The van der Waals surface area contributed by atoms with Gasteiger partial charge in [-0.3, -0.25) is 14.3 Å². The van der Waals surface area contributed by atoms with Gasteiger partial charge in [-0.2, -0.15) is 0 Å². The van der Waals surface area contributed by atoms with Crippen LogP contribution in [0.1, 0.15) is 44.9 Å². The van der Waals surface area contributed by atoms with Gasteiger partial charge >= 0.3 is 5.69 Å². The molecule has 1 saturated carbocycles. The van der Waals surface area contributed by atoms with E-state index in [2.05, 4.69) is 28.8 Å². The van der Waals surface area contributed by atoms with E-state index in [4.69, 9.17) is 0 Å². The monoisotopic (exact) mass is 262 g/mol. The van der Waals surface area contributed by atoms with Crippen LogP contribution in [0.25, 0.3) is 11.2 Å². The van der Waals surface area contributed by atoms with Crippen molar-refractivity contribution in [3.8, 4) is 0 Å². The highest BCUT2D eigenvalue weighted by atomic mass is 16.2. The molecule has 19 heavy (non-hydrogen) atoms. The van der Waals surface area contributed by atoms with E-state index in [0.717, 1.165) is 18.7 Å². The maximum Gasteiger partial charge on any atom is 0.329 e. The zero-order valence-electron chi connectivity index (χ0n) is 11.4. The highest BCUT2D eigenvalue weighted by Gasteiger charge is 2.37. The Morgan fingerprint density at radius 2 is 2.05 bits per heavy atom. The lowest BCUT2D eigenvalue weighted by Crippen LogP contribution is -2.28. The lowest BCUT2D eigenvalue weighted by Gasteiger charge is -2.24. The molecule has 0 saturated heterocycles. The molecule has 0 aliphatic heterocycles. The van der Waals surface area contributed by atoms with Crippen molar-refractivity contribution in [2.24, 2.45) is 12.5 Å². The van der Waals surface area contributed by atoms with Crippen molar-refractivity contribution in [3.05, 3.63) is 26.7 Å². The van der Waals surface area contributed by atoms with Gasteiger partial charge < -0.3 is 4.98 Å². The van der Waals surface area contributed by atoms with Crippen molar-refractivity contribution in [2.45, 2.75) is 39.0 Å². The molecule has 1 unspecified atom stereocenters. The first-order chi connectivity index (χ1) is 8.90. The number of aryl methyl sites for hydroxylation is 1. The molecular formula is C13H18N4O2. The Kier molecular flexibility index (Phi) is 2.45. The molecule has 6 nitrogen and oxygen atoms in total. The van der Waals surface area contributed by atoms with Crippen LogP contribution in [-0.2, 0) is 7.05 Å². The van der Waals surface area contributed by atoms with E-state index < -0.39 is 11.2 Å². The SMILES string of the molecule is Cn1c(=O)[nH]c(=O)c2[nH]c(C3CCCC3(C)C)nc21. The van der Waals surface area contributed by atoms with E-state index in [-0.39, 0.29) is 5.41 Å². The molecule has 0 aromatic carbocycles. The first-order valence-corrected chi connectivity index (χ1v) is 6.59. The maximum atomic E-state index is 11.8. The van der Waals surface area contributed by atoms with Gasteiger partial charge in [-0.1, -0.05) is 20.3 Å². The van der Waals surface area contributed by atoms with Gasteiger partial charge in [0.15, 0.2) is 5.65 Å². The van der Waals surface area contributed by atoms with Crippen molar-refractivity contribution in [1.29, 1.82) is 0 Å². The van der Waals surface area contributed by atoms with E-state index >= 15 is 0 Å². The van der Waals surface area contributed by atoms with Crippen LogP contribution < -0.4 is 11.2 Å². The summed E-state index contributed by atoms with van der Waals surface area (Å²) in [7, 11) is 1.62. The van der Waals surface area contributed by atoms with Crippen molar-refractivity contribution in [2.75, 3.05) is 0 Å². The summed E-state index contributed by atoms with van der Waals surface area (Å²) in [6.07, 6.45) is 3.40. The molecular weight excluding hydrogens is 244 g/mol. The molecule has 2 aromatic rings. The van der Waals surface area contributed by atoms with E-state index in [1.54, 1.807) is 7.05 Å². The molecule has 1 aliphatic carbocycles. The van der Waals surface area contributed by atoms with Crippen molar-refractivity contribution >= 4 is 11.2 Å². The second-order valence-corrected chi connectivity index (χ2v) is 6.07. The van der Waals surface area contributed by atoms with E-state index in [1.165, 1.54) is 11.0 Å². The Hall–Kier alpha value is -1.85. The summed E-state index contributed by atoms with van der Waals surface area (Å²) in [5.41, 5.74) is 0.180. The van der Waals surface area contributed by atoms with E-state index in [1.807, 2.05) is 0 Å². The smallest absolute Gasteiger partial charge is 0.329 e. The zero-order chi connectivity index (χ0) is 13.8. The van der Waals surface area contributed by atoms with Gasteiger partial charge in [-0.15, -0.1) is 0 Å². The number of hydrogen-bond donors (Lipinski definition) is 2. The molecule has 1 fully saturated rings. The number of aromatic amines is 2. The van der Waals surface area contributed by atoms with Gasteiger partial charge in [0.05, 0.1) is 0 Å². The highest BCUT2D eigenvalue weighted by molar-refractivity contribution is 5.69. The van der Waals surface area contributed by atoms with Crippen LogP contribution in [0.15, 0.2) is 9.59 Å². The molecule has 6 heteroatoms. The number of imidazole rings is 1. The first-order valence-electron chi connectivity index (χ1n) is 6.59. The Morgan fingerprint density at radius 1 is 1.32 bits per heavy atom. The molecule has 2 N–H and O–H groups in total. The Morgan fingerprint density at radius 3 is 2.68 bits per heavy atom. The summed E-state index contributed by atoms with van der Waals surface area (Å²) in [6, 6.07) is 0. The average molecular weight is 262 g/mol. The predicted octanol–water partition coefficient (Wildman–Crippen LogP) is 1.24. The number of hydrogen-bond acceptors (Lipinski definition) is 3. The molecule has 2 aromatic heterocycles. The average Bonchev–Trinajstić information content (AvgIpc) is 2.89. The maximum absolute atomic E-state index is 11.8. The van der Waals surface area contributed by atoms with Crippen LogP contribution >= 0.6 is 0 Å². The largest absolute Gasteiger partial charge is 0.336 e. The van der Waals surface area contributed by atoms with Crippen molar-refractivity contribution in [1.82, 2.24) is 19.5 Å². The first kappa shape index (κ1) is 12.2. The second kappa shape index (κ2) is 3.82. The quantitative estimate of drug-likeness (QED) is 0.811. The van der Waals surface area contributed by atoms with Crippen molar-refractivity contribution in [3.63, 3.8) is 0 Å². The number of fused-ring (bicyclic) bond motifs is 1. The fourth-order valence-electron chi connectivity index (χ4n) is 3.12. The summed E-state index contributed by atoms with van der Waals surface area (Å²) in [6.45, 7) is 4.45. The van der Waals surface area contributed by atoms with Crippen molar-refractivity contribution < 1.29 is 0 Å². The Labute approximate surface area is 109 Å². The Bertz CT molecular complexity index is 750. The number of nitrogens with one attached hydrogen (secondary N) is 2. The fourth-order valence-corrected chi connectivity index (χ4v) is 3.12. The lowest BCUT2D eigenvalue weighted by molar-refractivity contribution is 0.323. The predicted molar refractivity (Wildman–Crippen MR) is 72.3 cm³/mol. The molecule has 2 heterocycles. The summed E-state index contributed by atoms with van der Waals surface area (Å²) in [4.78, 5) is 33.3. The number of aromatic nitrogens is 4. The minimum absolute atomic E-state index is 0.180. The number of rotatable bonds is 1. The van der Waals surface area contributed by atoms with E-state index in [0.29, 0.717) is 17.1 Å². The zero-order valence-corrected chi connectivity index (χ0v) is 11.4. The third kappa shape index (κ3) is 1.74. The molecule has 0 amide bonds. The summed E-state index contributed by atoms with van der Waals surface area (Å²) < 4.78 is 1.37. The van der Waals surface area contributed by atoms with Crippen LogP contribution in [0.3, 0.4) is 0 Å². The van der Waals surface area contributed by atoms with Crippen LogP contribution in [0.5, 0.6) is 0 Å². The van der Waals surface area contributed by atoms with Crippen LogP contribution in [0.2, 0.25) is 0 Å². The van der Waals surface area contributed by atoms with E-state index in [9.17, 15) is 9.59 Å². The minimum atomic E-state index is -0.429. The lowest BCUT2D eigenvalue weighted by atomic mass is 9.81. The van der Waals surface area contributed by atoms with Gasteiger partial charge in [0.1, 0.15) is 11.3 Å². The van der Waals surface area contributed by atoms with Gasteiger partial charge in [0.2, 0.25) is 0 Å². The topological polar surface area (TPSA) is 83.5 Å². The van der Waals surface area contributed by atoms with Gasteiger partial charge in [0.25, 0.3) is 5.56 Å². The molecule has 1 aliphatic rings. The van der Waals surface area contributed by atoms with Crippen LogP contribution in [-0.4, -0.2) is 19.5 Å².